The molecule has 0 saturated carbocycles. The third-order valence-corrected chi connectivity index (χ3v) is 7.46. The third kappa shape index (κ3) is 5.40. The number of sulfonamides is 1. The van der Waals surface area contributed by atoms with E-state index >= 15 is 0 Å². The highest BCUT2D eigenvalue weighted by molar-refractivity contribution is 14.1. The Morgan fingerprint density at radius 1 is 0.879 bits per heavy atom. The lowest BCUT2D eigenvalue weighted by Gasteiger charge is -2.23. The van der Waals surface area contributed by atoms with Gasteiger partial charge in [0, 0.05) is 9.13 Å². The minimum Gasteiger partial charge on any atom is -0.271 e. The number of anilines is 1. The summed E-state index contributed by atoms with van der Waals surface area (Å²) in [6.45, 7) is -0.412. The summed E-state index contributed by atoms with van der Waals surface area (Å²) in [6, 6.07) is 28.7. The molecule has 0 spiro atoms. The molecular weight excluding hydrogens is 549 g/mol. The maximum atomic E-state index is 13.3. The molecule has 0 aliphatic rings. The Labute approximate surface area is 206 Å². The Hall–Kier alpha value is -3.24. The molecule has 0 atom stereocenters. The molecule has 1 N–H and O–H groups in total. The van der Waals surface area contributed by atoms with E-state index in [1.165, 1.54) is 12.1 Å². The molecule has 8 heteroatoms. The van der Waals surface area contributed by atoms with E-state index in [1.807, 2.05) is 42.5 Å². The maximum absolute atomic E-state index is 13.3. The van der Waals surface area contributed by atoms with Crippen molar-refractivity contribution in [1.29, 1.82) is 0 Å². The second kappa shape index (κ2) is 10.1. The molecule has 166 valence electrons. The number of carbonyl (C=O) groups is 1. The number of amides is 1. The topological polar surface area (TPSA) is 78.8 Å². The summed E-state index contributed by atoms with van der Waals surface area (Å²) >= 11 is 2.14. The van der Waals surface area contributed by atoms with Crippen molar-refractivity contribution in [2.24, 2.45) is 5.10 Å². The number of benzene rings is 4. The van der Waals surface area contributed by atoms with Gasteiger partial charge in [-0.05, 0) is 69.8 Å². The van der Waals surface area contributed by atoms with Gasteiger partial charge in [0.15, 0.2) is 0 Å². The summed E-state index contributed by atoms with van der Waals surface area (Å²) in [5.41, 5.74) is 3.70. The van der Waals surface area contributed by atoms with Gasteiger partial charge in [-0.15, -0.1) is 0 Å². The van der Waals surface area contributed by atoms with E-state index in [2.05, 4.69) is 33.1 Å². The fourth-order valence-corrected chi connectivity index (χ4v) is 5.15. The molecule has 0 saturated heterocycles. The van der Waals surface area contributed by atoms with Crippen LogP contribution in [0.2, 0.25) is 0 Å². The number of halogens is 1. The van der Waals surface area contributed by atoms with Crippen LogP contribution in [0.25, 0.3) is 10.8 Å². The highest BCUT2D eigenvalue weighted by atomic mass is 127. The summed E-state index contributed by atoms with van der Waals surface area (Å²) in [7, 11) is -3.95. The Balaban J connectivity index is 1.56. The number of hydrogen-bond donors (Lipinski definition) is 1. The normalized spacial score (nSPS) is 11.5. The zero-order valence-electron chi connectivity index (χ0n) is 17.4. The average Bonchev–Trinajstić information content (AvgIpc) is 2.84. The molecule has 4 rings (SSSR count). The number of nitrogens with zero attached hydrogens (tertiary/aromatic N) is 2. The van der Waals surface area contributed by atoms with Crippen molar-refractivity contribution in [2.45, 2.75) is 4.90 Å². The Morgan fingerprint density at radius 3 is 2.30 bits per heavy atom. The molecule has 0 bridgehead atoms. The molecule has 0 aliphatic heterocycles. The standard InChI is InChI=1S/C25H20IN3O3S/c26-21-13-15-22(16-14-21)29(33(31,32)23-10-2-1-3-11-23)18-25(30)28-27-17-20-9-6-8-19-7-4-5-12-24(19)20/h1-17H,18H2,(H,28,30)/b27-17-. The molecule has 0 aliphatic carbocycles. The van der Waals surface area contributed by atoms with Gasteiger partial charge < -0.3 is 0 Å². The molecule has 0 radical (unpaired) electrons. The lowest BCUT2D eigenvalue weighted by molar-refractivity contribution is -0.119. The largest absolute Gasteiger partial charge is 0.271 e. The van der Waals surface area contributed by atoms with Crippen LogP contribution < -0.4 is 9.73 Å². The molecule has 4 aromatic rings. The van der Waals surface area contributed by atoms with Crippen LogP contribution in [0.3, 0.4) is 0 Å². The van der Waals surface area contributed by atoms with Gasteiger partial charge in [0.25, 0.3) is 15.9 Å². The van der Waals surface area contributed by atoms with Crippen LogP contribution in [-0.2, 0) is 14.8 Å². The van der Waals surface area contributed by atoms with Crippen molar-refractivity contribution >= 4 is 61.2 Å². The molecule has 33 heavy (non-hydrogen) atoms. The number of carbonyl (C=O) groups excluding carboxylic acids is 1. The first-order chi connectivity index (χ1) is 15.9. The predicted octanol–water partition coefficient (Wildman–Crippen LogP) is 4.79. The number of fused-ring (bicyclic) bond motifs is 1. The zero-order chi connectivity index (χ0) is 23.3. The van der Waals surface area contributed by atoms with E-state index < -0.39 is 22.5 Å². The quantitative estimate of drug-likeness (QED) is 0.198. The Morgan fingerprint density at radius 2 is 1.55 bits per heavy atom. The van der Waals surface area contributed by atoms with Gasteiger partial charge in [-0.25, -0.2) is 13.8 Å². The summed E-state index contributed by atoms with van der Waals surface area (Å²) in [6.07, 6.45) is 1.56. The first kappa shape index (κ1) is 22.9. The van der Waals surface area contributed by atoms with Crippen molar-refractivity contribution in [2.75, 3.05) is 10.8 Å². The van der Waals surface area contributed by atoms with Crippen molar-refractivity contribution < 1.29 is 13.2 Å². The van der Waals surface area contributed by atoms with E-state index in [0.717, 1.165) is 24.2 Å². The monoisotopic (exact) mass is 569 g/mol. The minimum absolute atomic E-state index is 0.107. The summed E-state index contributed by atoms with van der Waals surface area (Å²) in [4.78, 5) is 12.8. The first-order valence-electron chi connectivity index (χ1n) is 10.1. The lowest BCUT2D eigenvalue weighted by atomic mass is 10.1. The summed E-state index contributed by atoms with van der Waals surface area (Å²) in [5, 5.41) is 6.13. The highest BCUT2D eigenvalue weighted by Gasteiger charge is 2.27. The van der Waals surface area contributed by atoms with E-state index in [9.17, 15) is 13.2 Å². The fraction of sp³-hybridized carbons (Fsp3) is 0.0400. The van der Waals surface area contributed by atoms with Crippen LogP contribution in [0.1, 0.15) is 5.56 Å². The lowest BCUT2D eigenvalue weighted by Crippen LogP contribution is -2.39. The highest BCUT2D eigenvalue weighted by Crippen LogP contribution is 2.24. The Bertz CT molecular complexity index is 1400. The van der Waals surface area contributed by atoms with Crippen LogP contribution in [0.4, 0.5) is 5.69 Å². The number of hydrazone groups is 1. The van der Waals surface area contributed by atoms with Crippen molar-refractivity contribution in [1.82, 2.24) is 5.43 Å². The smallest absolute Gasteiger partial charge is 0.264 e. The Kier molecular flexibility index (Phi) is 7.05. The van der Waals surface area contributed by atoms with Gasteiger partial charge in [0.2, 0.25) is 0 Å². The molecule has 0 aromatic heterocycles. The SMILES string of the molecule is O=C(CN(c1ccc(I)cc1)S(=O)(=O)c1ccccc1)N/N=C\c1cccc2ccccc12. The van der Waals surface area contributed by atoms with E-state index in [-0.39, 0.29) is 4.90 Å². The molecule has 4 aromatic carbocycles. The van der Waals surface area contributed by atoms with E-state index in [4.69, 9.17) is 0 Å². The van der Waals surface area contributed by atoms with Gasteiger partial charge in [-0.1, -0.05) is 60.7 Å². The molecule has 0 heterocycles. The van der Waals surface area contributed by atoms with Crippen LogP contribution in [0.15, 0.2) is 107 Å². The van der Waals surface area contributed by atoms with Crippen LogP contribution in [0, 0.1) is 3.57 Å². The van der Waals surface area contributed by atoms with Crippen molar-refractivity contribution in [3.8, 4) is 0 Å². The summed E-state index contributed by atoms with van der Waals surface area (Å²) < 4.78 is 28.6. The van der Waals surface area contributed by atoms with E-state index in [0.29, 0.717) is 5.69 Å². The summed E-state index contributed by atoms with van der Waals surface area (Å²) in [5.74, 6) is -0.551. The fourth-order valence-electron chi connectivity index (χ4n) is 3.34. The molecular formula is C25H20IN3O3S. The second-order valence-corrected chi connectivity index (χ2v) is 10.3. The van der Waals surface area contributed by atoms with E-state index in [1.54, 1.807) is 48.7 Å². The van der Waals surface area contributed by atoms with Crippen LogP contribution in [-0.4, -0.2) is 27.1 Å². The van der Waals surface area contributed by atoms with Gasteiger partial charge >= 0.3 is 0 Å². The minimum atomic E-state index is -3.95. The average molecular weight is 569 g/mol. The number of rotatable bonds is 7. The van der Waals surface area contributed by atoms with Gasteiger partial charge in [0.05, 0.1) is 16.8 Å². The first-order valence-corrected chi connectivity index (χ1v) is 12.6. The third-order valence-electron chi connectivity index (χ3n) is 4.95. The van der Waals surface area contributed by atoms with Crippen LogP contribution >= 0.6 is 22.6 Å². The van der Waals surface area contributed by atoms with Gasteiger partial charge in [-0.3, -0.25) is 9.10 Å². The van der Waals surface area contributed by atoms with Crippen molar-refractivity contribution in [3.05, 3.63) is 106 Å². The van der Waals surface area contributed by atoms with Crippen molar-refractivity contribution in [3.63, 3.8) is 0 Å². The van der Waals surface area contributed by atoms with Gasteiger partial charge in [-0.2, -0.15) is 5.10 Å². The molecule has 0 fully saturated rings. The molecule has 1 amide bonds. The maximum Gasteiger partial charge on any atom is 0.264 e. The molecule has 0 unspecified atom stereocenters. The number of hydrogen-bond acceptors (Lipinski definition) is 4. The van der Waals surface area contributed by atoms with Crippen LogP contribution in [0.5, 0.6) is 0 Å². The second-order valence-electron chi connectivity index (χ2n) is 7.16. The van der Waals surface area contributed by atoms with Gasteiger partial charge in [0.1, 0.15) is 6.54 Å². The number of nitrogens with one attached hydrogen (secondary N) is 1. The predicted molar refractivity (Wildman–Crippen MR) is 140 cm³/mol. The molecule has 6 nitrogen and oxygen atoms in total. The zero-order valence-corrected chi connectivity index (χ0v) is 20.4.